The summed E-state index contributed by atoms with van der Waals surface area (Å²) in [6, 6.07) is 0. The van der Waals surface area contributed by atoms with Gasteiger partial charge in [-0.2, -0.15) is 0 Å². The van der Waals surface area contributed by atoms with E-state index in [1.807, 2.05) is 6.92 Å². The zero-order valence-electron chi connectivity index (χ0n) is 10.3. The van der Waals surface area contributed by atoms with Gasteiger partial charge in [-0.1, -0.05) is 6.92 Å². The maximum absolute atomic E-state index is 11.3. The molecule has 0 radical (unpaired) electrons. The zero-order chi connectivity index (χ0) is 12.0. The average Bonchev–Trinajstić information content (AvgIpc) is 2.28. The highest BCUT2D eigenvalue weighted by Crippen LogP contribution is 2.31. The summed E-state index contributed by atoms with van der Waals surface area (Å²) in [7, 11) is 0. The molecule has 1 rings (SSSR count). The summed E-state index contributed by atoms with van der Waals surface area (Å²) in [4.78, 5) is 11.3. The van der Waals surface area contributed by atoms with Crippen LogP contribution in [-0.2, 0) is 9.53 Å². The van der Waals surface area contributed by atoms with Crippen LogP contribution in [0.4, 0.5) is 0 Å². The number of amides is 1. The highest BCUT2D eigenvalue weighted by Gasteiger charge is 2.31. The van der Waals surface area contributed by atoms with Crippen molar-refractivity contribution in [3.8, 4) is 0 Å². The predicted molar refractivity (Wildman–Crippen MR) is 62.1 cm³/mol. The van der Waals surface area contributed by atoms with Crippen LogP contribution in [0.5, 0.6) is 0 Å². The topological polar surface area (TPSA) is 58.6 Å². The van der Waals surface area contributed by atoms with E-state index in [9.17, 15) is 9.90 Å². The van der Waals surface area contributed by atoms with Gasteiger partial charge >= 0.3 is 0 Å². The van der Waals surface area contributed by atoms with Gasteiger partial charge in [0.2, 0.25) is 5.91 Å². The summed E-state index contributed by atoms with van der Waals surface area (Å²) >= 11 is 0. The summed E-state index contributed by atoms with van der Waals surface area (Å²) in [6.45, 7) is 5.03. The van der Waals surface area contributed by atoms with Crippen molar-refractivity contribution in [1.82, 2.24) is 5.32 Å². The highest BCUT2D eigenvalue weighted by atomic mass is 16.5. The molecule has 2 N–H and O–H groups in total. The molecule has 1 saturated carbocycles. The van der Waals surface area contributed by atoms with Gasteiger partial charge < -0.3 is 15.2 Å². The summed E-state index contributed by atoms with van der Waals surface area (Å²) in [5.74, 6) is 0.549. The van der Waals surface area contributed by atoms with Crippen LogP contribution >= 0.6 is 0 Å². The Bertz CT molecular complexity index is 222. The first kappa shape index (κ1) is 13.5. The molecule has 1 aliphatic carbocycles. The van der Waals surface area contributed by atoms with E-state index < -0.39 is 5.60 Å². The molecule has 1 aliphatic rings. The fourth-order valence-corrected chi connectivity index (χ4v) is 1.99. The number of rotatable bonds is 5. The standard InChI is InChI=1S/C12H23NO3/c1-3-16-8-11(14)13-9-12(15)6-4-10(2)5-7-12/h10,15H,3-9H2,1-2H3,(H,13,14). The molecule has 0 bridgehead atoms. The Morgan fingerprint density at radius 3 is 2.69 bits per heavy atom. The lowest BCUT2D eigenvalue weighted by Crippen LogP contribution is -2.46. The van der Waals surface area contributed by atoms with Crippen molar-refractivity contribution >= 4 is 5.91 Å². The number of carbonyl (C=O) groups excluding carboxylic acids is 1. The van der Waals surface area contributed by atoms with Gasteiger partial charge in [0.05, 0.1) is 5.60 Å². The van der Waals surface area contributed by atoms with E-state index in [-0.39, 0.29) is 12.5 Å². The quantitative estimate of drug-likeness (QED) is 0.741. The third-order valence-electron chi connectivity index (χ3n) is 3.26. The van der Waals surface area contributed by atoms with E-state index in [2.05, 4.69) is 12.2 Å². The van der Waals surface area contributed by atoms with E-state index in [1.54, 1.807) is 0 Å². The number of aliphatic hydroxyl groups is 1. The summed E-state index contributed by atoms with van der Waals surface area (Å²) in [6.07, 6.45) is 3.64. The number of hydrogen-bond donors (Lipinski definition) is 2. The molecule has 1 amide bonds. The number of carbonyl (C=O) groups is 1. The lowest BCUT2D eigenvalue weighted by Gasteiger charge is -2.34. The van der Waals surface area contributed by atoms with Crippen LogP contribution < -0.4 is 5.32 Å². The van der Waals surface area contributed by atoms with Gasteiger partial charge in [0.25, 0.3) is 0 Å². The number of ether oxygens (including phenoxy) is 1. The molecule has 4 heteroatoms. The highest BCUT2D eigenvalue weighted by molar-refractivity contribution is 5.77. The zero-order valence-corrected chi connectivity index (χ0v) is 10.3. The molecule has 0 unspecified atom stereocenters. The van der Waals surface area contributed by atoms with Crippen molar-refractivity contribution in [1.29, 1.82) is 0 Å². The predicted octanol–water partition coefficient (Wildman–Crippen LogP) is 1.08. The number of nitrogens with one attached hydrogen (secondary N) is 1. The van der Waals surface area contributed by atoms with Crippen LogP contribution in [0.15, 0.2) is 0 Å². The van der Waals surface area contributed by atoms with Crippen molar-refractivity contribution in [2.75, 3.05) is 19.8 Å². The molecule has 0 saturated heterocycles. The van der Waals surface area contributed by atoms with Crippen molar-refractivity contribution in [2.45, 2.75) is 45.1 Å². The van der Waals surface area contributed by atoms with Crippen molar-refractivity contribution in [3.05, 3.63) is 0 Å². The Morgan fingerprint density at radius 1 is 1.50 bits per heavy atom. The van der Waals surface area contributed by atoms with Crippen molar-refractivity contribution in [3.63, 3.8) is 0 Å². The molecule has 4 nitrogen and oxygen atoms in total. The first-order chi connectivity index (χ1) is 7.56. The van der Waals surface area contributed by atoms with E-state index >= 15 is 0 Å². The van der Waals surface area contributed by atoms with Crippen LogP contribution in [0.25, 0.3) is 0 Å². The Balaban J connectivity index is 2.23. The van der Waals surface area contributed by atoms with Crippen LogP contribution in [0.2, 0.25) is 0 Å². The third kappa shape index (κ3) is 4.49. The van der Waals surface area contributed by atoms with Gasteiger partial charge in [0.1, 0.15) is 6.61 Å². The lowest BCUT2D eigenvalue weighted by atomic mass is 9.79. The molecule has 0 aromatic heterocycles. The molecular formula is C12H23NO3. The SMILES string of the molecule is CCOCC(=O)NCC1(O)CCC(C)CC1. The first-order valence-corrected chi connectivity index (χ1v) is 6.12. The summed E-state index contributed by atoms with van der Waals surface area (Å²) < 4.78 is 4.99. The average molecular weight is 229 g/mol. The minimum Gasteiger partial charge on any atom is -0.388 e. The summed E-state index contributed by atoms with van der Waals surface area (Å²) in [5, 5.41) is 12.9. The molecule has 0 spiro atoms. The molecule has 16 heavy (non-hydrogen) atoms. The molecular weight excluding hydrogens is 206 g/mol. The smallest absolute Gasteiger partial charge is 0.246 e. The number of hydrogen-bond acceptors (Lipinski definition) is 3. The van der Waals surface area contributed by atoms with Crippen LogP contribution in [0, 0.1) is 5.92 Å². The maximum Gasteiger partial charge on any atom is 0.246 e. The van der Waals surface area contributed by atoms with E-state index in [0.29, 0.717) is 19.1 Å². The monoisotopic (exact) mass is 229 g/mol. The second kappa shape index (κ2) is 6.21. The maximum atomic E-state index is 11.3. The van der Waals surface area contributed by atoms with Crippen molar-refractivity contribution < 1.29 is 14.6 Å². The summed E-state index contributed by atoms with van der Waals surface area (Å²) in [5.41, 5.74) is -0.700. The Hall–Kier alpha value is -0.610. The van der Waals surface area contributed by atoms with Crippen LogP contribution in [-0.4, -0.2) is 36.4 Å². The largest absolute Gasteiger partial charge is 0.388 e. The van der Waals surface area contributed by atoms with Gasteiger partial charge in [0.15, 0.2) is 0 Å². The second-order valence-corrected chi connectivity index (χ2v) is 4.82. The van der Waals surface area contributed by atoms with Crippen molar-refractivity contribution in [2.24, 2.45) is 5.92 Å². The molecule has 94 valence electrons. The van der Waals surface area contributed by atoms with Crippen LogP contribution in [0.3, 0.4) is 0 Å². The molecule has 0 aliphatic heterocycles. The van der Waals surface area contributed by atoms with Gasteiger partial charge in [-0.05, 0) is 38.5 Å². The normalized spacial score (nSPS) is 30.1. The molecule has 1 fully saturated rings. The Labute approximate surface area is 97.4 Å². The fraction of sp³-hybridized carbons (Fsp3) is 0.917. The van der Waals surface area contributed by atoms with Gasteiger partial charge in [-0.25, -0.2) is 0 Å². The van der Waals surface area contributed by atoms with Gasteiger partial charge in [0, 0.05) is 13.2 Å². The van der Waals surface area contributed by atoms with E-state index in [4.69, 9.17) is 4.74 Å². The van der Waals surface area contributed by atoms with Gasteiger partial charge in [-0.15, -0.1) is 0 Å². The molecule has 0 atom stereocenters. The molecule has 0 heterocycles. The second-order valence-electron chi connectivity index (χ2n) is 4.82. The Morgan fingerprint density at radius 2 is 2.12 bits per heavy atom. The minimum atomic E-state index is -0.700. The fourth-order valence-electron chi connectivity index (χ4n) is 1.99. The molecule has 0 aromatic carbocycles. The van der Waals surface area contributed by atoms with Crippen LogP contribution in [0.1, 0.15) is 39.5 Å². The van der Waals surface area contributed by atoms with Gasteiger partial charge in [-0.3, -0.25) is 4.79 Å². The Kier molecular flexibility index (Phi) is 5.22. The minimum absolute atomic E-state index is 0.0863. The lowest BCUT2D eigenvalue weighted by molar-refractivity contribution is -0.127. The first-order valence-electron chi connectivity index (χ1n) is 6.12. The third-order valence-corrected chi connectivity index (χ3v) is 3.26. The van der Waals surface area contributed by atoms with E-state index in [0.717, 1.165) is 25.7 Å². The van der Waals surface area contributed by atoms with E-state index in [1.165, 1.54) is 0 Å². The molecule has 0 aromatic rings.